The summed E-state index contributed by atoms with van der Waals surface area (Å²) in [5, 5.41) is 0. The van der Waals surface area contributed by atoms with Crippen molar-refractivity contribution in [2.75, 3.05) is 0 Å². The quantitative estimate of drug-likeness (QED) is 0.671. The van der Waals surface area contributed by atoms with Gasteiger partial charge in [0.1, 0.15) is 0 Å². The Labute approximate surface area is 67.0 Å². The van der Waals surface area contributed by atoms with Crippen molar-refractivity contribution in [3.8, 4) is 0 Å². The average Bonchev–Trinajstić information content (AvgIpc) is 2.54. The normalized spacial score (nSPS) is 20.2. The topological polar surface area (TPSA) is 30.9 Å². The first-order valence-electron chi connectivity index (χ1n) is 4.09. The van der Waals surface area contributed by atoms with Gasteiger partial charge in [-0.05, 0) is 25.0 Å². The fraction of sp³-hybridized carbons (Fsp3) is 0.556. The number of hydrogen-bond acceptors (Lipinski definition) is 1. The third-order valence-corrected chi connectivity index (χ3v) is 2.48. The highest BCUT2D eigenvalue weighted by molar-refractivity contribution is 5.14. The number of aryl methyl sites for hydroxylation is 1. The van der Waals surface area contributed by atoms with Crippen molar-refractivity contribution in [1.82, 2.24) is 4.57 Å². The third kappa shape index (κ3) is 1.31. The first-order chi connectivity index (χ1) is 5.20. The van der Waals surface area contributed by atoms with Gasteiger partial charge in [0.25, 0.3) is 0 Å². The number of hydrogen-bond donors (Lipinski definition) is 1. The molecule has 0 aromatic carbocycles. The smallest absolute Gasteiger partial charge is 0.0210 e. The number of nitrogens with two attached hydrogens (primary N) is 1. The second kappa shape index (κ2) is 2.11. The molecule has 1 saturated carbocycles. The van der Waals surface area contributed by atoms with E-state index in [9.17, 15) is 0 Å². The van der Waals surface area contributed by atoms with Crippen molar-refractivity contribution in [2.45, 2.75) is 24.8 Å². The molecule has 1 fully saturated rings. The molecule has 1 aromatic rings. The van der Waals surface area contributed by atoms with E-state index in [1.807, 2.05) is 0 Å². The highest BCUT2D eigenvalue weighted by atomic mass is 14.9. The minimum atomic E-state index is 0.145. The molecule has 0 saturated heterocycles. The Morgan fingerprint density at radius 3 is 2.82 bits per heavy atom. The fourth-order valence-electron chi connectivity index (χ4n) is 1.38. The van der Waals surface area contributed by atoms with Gasteiger partial charge in [0.05, 0.1) is 0 Å². The van der Waals surface area contributed by atoms with Gasteiger partial charge in [0.15, 0.2) is 0 Å². The standard InChI is InChI=1S/C9H14N2/c1-11-6-2-3-8(11)7-9(10)4-5-9/h2-3,6H,4-5,7,10H2,1H3. The summed E-state index contributed by atoms with van der Waals surface area (Å²) in [6.45, 7) is 0. The molecule has 60 valence electrons. The fourth-order valence-corrected chi connectivity index (χ4v) is 1.38. The van der Waals surface area contributed by atoms with Gasteiger partial charge in [-0.15, -0.1) is 0 Å². The summed E-state index contributed by atoms with van der Waals surface area (Å²) in [4.78, 5) is 0. The van der Waals surface area contributed by atoms with Crippen LogP contribution in [-0.4, -0.2) is 10.1 Å². The lowest BCUT2D eigenvalue weighted by molar-refractivity contribution is 0.638. The maximum atomic E-state index is 5.99. The van der Waals surface area contributed by atoms with E-state index < -0.39 is 0 Å². The van der Waals surface area contributed by atoms with Crippen LogP contribution in [0, 0.1) is 0 Å². The summed E-state index contributed by atoms with van der Waals surface area (Å²) >= 11 is 0. The molecule has 0 spiro atoms. The van der Waals surface area contributed by atoms with Gasteiger partial charge in [0, 0.05) is 30.9 Å². The van der Waals surface area contributed by atoms with Crippen LogP contribution >= 0.6 is 0 Å². The Bertz CT molecular complexity index is 258. The van der Waals surface area contributed by atoms with E-state index in [0.29, 0.717) is 0 Å². The van der Waals surface area contributed by atoms with Crippen LogP contribution in [0.4, 0.5) is 0 Å². The molecule has 1 heterocycles. The first-order valence-corrected chi connectivity index (χ1v) is 4.09. The van der Waals surface area contributed by atoms with Crippen LogP contribution in [0.15, 0.2) is 18.3 Å². The molecular formula is C9H14N2. The lowest BCUT2D eigenvalue weighted by Gasteiger charge is -2.08. The maximum Gasteiger partial charge on any atom is 0.0210 e. The van der Waals surface area contributed by atoms with Gasteiger partial charge >= 0.3 is 0 Å². The van der Waals surface area contributed by atoms with Crippen molar-refractivity contribution in [1.29, 1.82) is 0 Å². The first kappa shape index (κ1) is 6.92. The predicted octanol–water partition coefficient (Wildman–Crippen LogP) is 1.06. The Kier molecular flexibility index (Phi) is 1.33. The number of nitrogens with zero attached hydrogens (tertiary/aromatic N) is 1. The summed E-state index contributed by atoms with van der Waals surface area (Å²) in [7, 11) is 2.07. The molecule has 2 nitrogen and oxygen atoms in total. The Balaban J connectivity index is 2.12. The van der Waals surface area contributed by atoms with Crippen LogP contribution in [-0.2, 0) is 13.5 Å². The molecule has 0 amide bonds. The summed E-state index contributed by atoms with van der Waals surface area (Å²) in [6, 6.07) is 4.22. The van der Waals surface area contributed by atoms with Crippen LogP contribution < -0.4 is 5.73 Å². The lowest BCUT2D eigenvalue weighted by Crippen LogP contribution is -2.25. The molecule has 0 aliphatic heterocycles. The van der Waals surface area contributed by atoms with E-state index in [1.165, 1.54) is 18.5 Å². The predicted molar refractivity (Wildman–Crippen MR) is 45.3 cm³/mol. The SMILES string of the molecule is Cn1cccc1CC1(N)CC1. The maximum absolute atomic E-state index is 5.99. The Hall–Kier alpha value is -0.760. The van der Waals surface area contributed by atoms with Crippen LogP contribution in [0.5, 0.6) is 0 Å². The summed E-state index contributed by atoms with van der Waals surface area (Å²) in [6.07, 6.45) is 5.49. The van der Waals surface area contributed by atoms with Crippen molar-refractivity contribution < 1.29 is 0 Å². The number of rotatable bonds is 2. The van der Waals surface area contributed by atoms with Crippen molar-refractivity contribution in [3.05, 3.63) is 24.0 Å². The Morgan fingerprint density at radius 1 is 1.64 bits per heavy atom. The molecule has 2 heteroatoms. The third-order valence-electron chi connectivity index (χ3n) is 2.48. The summed E-state index contributed by atoms with van der Waals surface area (Å²) < 4.78 is 2.15. The van der Waals surface area contributed by atoms with E-state index in [2.05, 4.69) is 29.9 Å². The lowest BCUT2D eigenvalue weighted by atomic mass is 10.1. The zero-order valence-corrected chi connectivity index (χ0v) is 6.88. The van der Waals surface area contributed by atoms with Crippen LogP contribution in [0.1, 0.15) is 18.5 Å². The number of aromatic nitrogens is 1. The monoisotopic (exact) mass is 150 g/mol. The van der Waals surface area contributed by atoms with Gasteiger partial charge in [-0.2, -0.15) is 0 Å². The van der Waals surface area contributed by atoms with Crippen molar-refractivity contribution >= 4 is 0 Å². The van der Waals surface area contributed by atoms with E-state index in [0.717, 1.165) is 6.42 Å². The second-order valence-corrected chi connectivity index (χ2v) is 3.65. The van der Waals surface area contributed by atoms with E-state index >= 15 is 0 Å². The highest BCUT2D eigenvalue weighted by Crippen LogP contribution is 2.35. The van der Waals surface area contributed by atoms with Gasteiger partial charge < -0.3 is 10.3 Å². The molecule has 0 radical (unpaired) electrons. The van der Waals surface area contributed by atoms with Gasteiger partial charge in [-0.3, -0.25) is 0 Å². The van der Waals surface area contributed by atoms with Gasteiger partial charge in [-0.25, -0.2) is 0 Å². The molecule has 11 heavy (non-hydrogen) atoms. The van der Waals surface area contributed by atoms with Crippen LogP contribution in [0.3, 0.4) is 0 Å². The average molecular weight is 150 g/mol. The second-order valence-electron chi connectivity index (χ2n) is 3.65. The van der Waals surface area contributed by atoms with E-state index in [4.69, 9.17) is 5.73 Å². The van der Waals surface area contributed by atoms with Gasteiger partial charge in [0.2, 0.25) is 0 Å². The zero-order valence-electron chi connectivity index (χ0n) is 6.88. The van der Waals surface area contributed by atoms with Gasteiger partial charge in [-0.1, -0.05) is 0 Å². The molecule has 0 unspecified atom stereocenters. The molecule has 2 rings (SSSR count). The molecule has 0 bridgehead atoms. The molecule has 2 N–H and O–H groups in total. The Morgan fingerprint density at radius 2 is 2.36 bits per heavy atom. The van der Waals surface area contributed by atoms with Crippen LogP contribution in [0.25, 0.3) is 0 Å². The van der Waals surface area contributed by atoms with Crippen LogP contribution in [0.2, 0.25) is 0 Å². The molecule has 1 aromatic heterocycles. The minimum absolute atomic E-state index is 0.145. The van der Waals surface area contributed by atoms with E-state index in [-0.39, 0.29) is 5.54 Å². The minimum Gasteiger partial charge on any atom is -0.354 e. The molecule has 1 aliphatic carbocycles. The summed E-state index contributed by atoms with van der Waals surface area (Å²) in [5.41, 5.74) is 7.49. The molecule has 0 atom stereocenters. The zero-order chi connectivity index (χ0) is 7.90. The largest absolute Gasteiger partial charge is 0.354 e. The van der Waals surface area contributed by atoms with Crippen molar-refractivity contribution in [3.63, 3.8) is 0 Å². The molecule has 1 aliphatic rings. The van der Waals surface area contributed by atoms with E-state index in [1.54, 1.807) is 0 Å². The molecular weight excluding hydrogens is 136 g/mol. The van der Waals surface area contributed by atoms with Crippen molar-refractivity contribution in [2.24, 2.45) is 12.8 Å². The summed E-state index contributed by atoms with van der Waals surface area (Å²) in [5.74, 6) is 0. The highest BCUT2D eigenvalue weighted by Gasteiger charge is 2.38.